The van der Waals surface area contributed by atoms with E-state index >= 15 is 0 Å². The zero-order valence-corrected chi connectivity index (χ0v) is 17.4. The molecule has 2 heterocycles. The van der Waals surface area contributed by atoms with Gasteiger partial charge in [0, 0.05) is 29.4 Å². The molecule has 0 atom stereocenters. The Morgan fingerprint density at radius 2 is 1.81 bits per heavy atom. The Bertz CT molecular complexity index is 1110. The summed E-state index contributed by atoms with van der Waals surface area (Å²) in [5.41, 5.74) is 0.241. The molecule has 1 saturated carbocycles. The van der Waals surface area contributed by atoms with Gasteiger partial charge in [-0.15, -0.1) is 0 Å². The van der Waals surface area contributed by atoms with Crippen molar-refractivity contribution in [2.45, 2.75) is 43.9 Å². The molecule has 9 heteroatoms. The number of nitrogens with one attached hydrogen (secondary N) is 2. The summed E-state index contributed by atoms with van der Waals surface area (Å²) >= 11 is 0. The Morgan fingerprint density at radius 1 is 1.09 bits per heavy atom. The van der Waals surface area contributed by atoms with E-state index in [1.807, 2.05) is 0 Å². The largest absolute Gasteiger partial charge is 0.494 e. The lowest BCUT2D eigenvalue weighted by Gasteiger charge is -2.31. The van der Waals surface area contributed by atoms with Crippen molar-refractivity contribution in [2.24, 2.45) is 0 Å². The number of benzene rings is 1. The van der Waals surface area contributed by atoms with Gasteiger partial charge in [-0.2, -0.15) is 13.2 Å². The highest BCUT2D eigenvalue weighted by molar-refractivity contribution is 5.97. The molecule has 1 fully saturated rings. The highest BCUT2D eigenvalue weighted by Gasteiger charge is 2.34. The number of alkyl halides is 3. The molecule has 0 bridgehead atoms. The summed E-state index contributed by atoms with van der Waals surface area (Å²) in [4.78, 5) is 20.3. The summed E-state index contributed by atoms with van der Waals surface area (Å²) in [6, 6.07) is 9.46. The molecule has 1 aliphatic carbocycles. The molecule has 0 saturated heterocycles. The number of nitrogens with zero attached hydrogens (tertiary/aromatic N) is 2. The van der Waals surface area contributed by atoms with Gasteiger partial charge in [-0.1, -0.05) is 18.2 Å². The number of amides is 1. The molecule has 0 radical (unpaired) electrons. The average molecular weight is 444 g/mol. The first-order valence-corrected chi connectivity index (χ1v) is 10.4. The second-order valence-corrected chi connectivity index (χ2v) is 7.81. The van der Waals surface area contributed by atoms with Gasteiger partial charge >= 0.3 is 6.18 Å². The number of rotatable bonds is 5. The minimum atomic E-state index is -4.52. The van der Waals surface area contributed by atoms with Crippen LogP contribution in [-0.4, -0.2) is 35.1 Å². The SMILES string of the molecule is COc1cnccc1C(=O)NC1CCC(Nc2cc(C(F)(F)F)nc3ccccc23)CC1. The van der Waals surface area contributed by atoms with Crippen molar-refractivity contribution in [1.29, 1.82) is 0 Å². The lowest BCUT2D eigenvalue weighted by Crippen LogP contribution is -2.40. The van der Waals surface area contributed by atoms with Crippen molar-refractivity contribution in [2.75, 3.05) is 12.4 Å². The maximum Gasteiger partial charge on any atom is 0.433 e. The van der Waals surface area contributed by atoms with Gasteiger partial charge in [0.15, 0.2) is 0 Å². The lowest BCUT2D eigenvalue weighted by atomic mass is 9.90. The minimum absolute atomic E-state index is 0.00510. The molecule has 32 heavy (non-hydrogen) atoms. The van der Waals surface area contributed by atoms with Crippen LogP contribution in [0.25, 0.3) is 10.9 Å². The van der Waals surface area contributed by atoms with E-state index in [-0.39, 0.29) is 18.0 Å². The lowest BCUT2D eigenvalue weighted by molar-refractivity contribution is -0.140. The highest BCUT2D eigenvalue weighted by atomic mass is 19.4. The fourth-order valence-electron chi connectivity index (χ4n) is 4.04. The van der Waals surface area contributed by atoms with Gasteiger partial charge in [-0.3, -0.25) is 9.78 Å². The Kier molecular flexibility index (Phi) is 6.16. The molecule has 1 aliphatic rings. The van der Waals surface area contributed by atoms with Gasteiger partial charge in [-0.05, 0) is 43.9 Å². The predicted octanol–water partition coefficient (Wildman–Crippen LogP) is 4.81. The van der Waals surface area contributed by atoms with Gasteiger partial charge in [0.05, 0.1) is 24.4 Å². The third-order valence-electron chi connectivity index (χ3n) is 5.68. The third kappa shape index (κ3) is 4.76. The Morgan fingerprint density at radius 3 is 2.53 bits per heavy atom. The maximum absolute atomic E-state index is 13.3. The van der Waals surface area contributed by atoms with E-state index in [1.54, 1.807) is 30.3 Å². The Hall–Kier alpha value is -3.36. The number of anilines is 1. The van der Waals surface area contributed by atoms with Crippen molar-refractivity contribution in [1.82, 2.24) is 15.3 Å². The van der Waals surface area contributed by atoms with E-state index in [1.165, 1.54) is 19.5 Å². The third-order valence-corrected chi connectivity index (χ3v) is 5.68. The first kappa shape index (κ1) is 21.9. The molecule has 2 aromatic heterocycles. The van der Waals surface area contributed by atoms with Crippen LogP contribution < -0.4 is 15.4 Å². The summed E-state index contributed by atoms with van der Waals surface area (Å²) < 4.78 is 45.1. The quantitative estimate of drug-likeness (QED) is 0.591. The van der Waals surface area contributed by atoms with Crippen molar-refractivity contribution in [3.05, 3.63) is 60.0 Å². The highest BCUT2D eigenvalue weighted by Crippen LogP contribution is 2.34. The van der Waals surface area contributed by atoms with Crippen LogP contribution in [0.2, 0.25) is 0 Å². The summed E-state index contributed by atoms with van der Waals surface area (Å²) in [5, 5.41) is 6.95. The second-order valence-electron chi connectivity index (χ2n) is 7.81. The van der Waals surface area contributed by atoms with Crippen molar-refractivity contribution in [3.8, 4) is 5.75 Å². The number of carbonyl (C=O) groups is 1. The van der Waals surface area contributed by atoms with Crippen molar-refractivity contribution >= 4 is 22.5 Å². The van der Waals surface area contributed by atoms with Crippen LogP contribution in [0.4, 0.5) is 18.9 Å². The molecule has 2 N–H and O–H groups in total. The summed E-state index contributed by atoms with van der Waals surface area (Å²) in [6.45, 7) is 0. The number of aromatic nitrogens is 2. The number of ether oxygens (including phenoxy) is 1. The monoisotopic (exact) mass is 444 g/mol. The predicted molar refractivity (Wildman–Crippen MR) is 115 cm³/mol. The number of methoxy groups -OCH3 is 1. The number of pyridine rings is 2. The number of hydrogen-bond acceptors (Lipinski definition) is 5. The van der Waals surface area contributed by atoms with Gasteiger partial charge in [0.25, 0.3) is 5.91 Å². The summed E-state index contributed by atoms with van der Waals surface area (Å²) in [6.07, 6.45) is 1.37. The Labute approximate surface area is 183 Å². The smallest absolute Gasteiger partial charge is 0.433 e. The van der Waals surface area contributed by atoms with Crippen LogP contribution in [0.1, 0.15) is 41.7 Å². The molecular formula is C23H23F3N4O2. The van der Waals surface area contributed by atoms with Gasteiger partial charge in [0.1, 0.15) is 11.4 Å². The second kappa shape index (κ2) is 9.02. The number of halogens is 3. The molecule has 168 valence electrons. The fourth-order valence-corrected chi connectivity index (χ4v) is 4.04. The first-order chi connectivity index (χ1) is 15.3. The van der Waals surface area contributed by atoms with E-state index in [0.717, 1.165) is 18.9 Å². The molecule has 1 aromatic carbocycles. The van der Waals surface area contributed by atoms with E-state index in [4.69, 9.17) is 4.74 Å². The molecule has 1 amide bonds. The molecule has 4 rings (SSSR count). The average Bonchev–Trinajstić information content (AvgIpc) is 2.79. The van der Waals surface area contributed by atoms with Crippen LogP contribution in [0.3, 0.4) is 0 Å². The van der Waals surface area contributed by atoms with E-state index in [0.29, 0.717) is 40.7 Å². The molecule has 0 unspecified atom stereocenters. The van der Waals surface area contributed by atoms with E-state index in [2.05, 4.69) is 20.6 Å². The van der Waals surface area contributed by atoms with Crippen LogP contribution >= 0.6 is 0 Å². The number of carbonyl (C=O) groups excluding carboxylic acids is 1. The first-order valence-electron chi connectivity index (χ1n) is 10.4. The zero-order chi connectivity index (χ0) is 22.7. The topological polar surface area (TPSA) is 76.1 Å². The molecular weight excluding hydrogens is 421 g/mol. The maximum atomic E-state index is 13.3. The van der Waals surface area contributed by atoms with E-state index < -0.39 is 11.9 Å². The molecule has 3 aromatic rings. The van der Waals surface area contributed by atoms with Crippen LogP contribution in [0, 0.1) is 0 Å². The van der Waals surface area contributed by atoms with Gasteiger partial charge in [-0.25, -0.2) is 4.98 Å². The summed E-state index contributed by atoms with van der Waals surface area (Å²) in [7, 11) is 1.48. The van der Waals surface area contributed by atoms with Crippen LogP contribution in [0.5, 0.6) is 5.75 Å². The van der Waals surface area contributed by atoms with Crippen molar-refractivity contribution in [3.63, 3.8) is 0 Å². The Balaban J connectivity index is 1.42. The summed E-state index contributed by atoms with van der Waals surface area (Å²) in [5.74, 6) is 0.181. The number of fused-ring (bicyclic) bond motifs is 1. The fraction of sp³-hybridized carbons (Fsp3) is 0.348. The number of hydrogen-bond donors (Lipinski definition) is 2. The van der Waals surface area contributed by atoms with Crippen LogP contribution in [0.15, 0.2) is 48.8 Å². The standard InChI is InChI=1S/C23H23F3N4O2/c1-32-20-13-27-11-10-17(20)22(31)29-15-8-6-14(7-9-15)28-19-12-21(23(24,25)26)30-18-5-3-2-4-16(18)19/h2-5,10-15H,6-9H2,1H3,(H,28,30)(H,29,31). The van der Waals surface area contributed by atoms with Gasteiger partial charge < -0.3 is 15.4 Å². The number of para-hydroxylation sites is 1. The molecule has 6 nitrogen and oxygen atoms in total. The van der Waals surface area contributed by atoms with E-state index in [9.17, 15) is 18.0 Å². The normalized spacial score (nSPS) is 18.9. The van der Waals surface area contributed by atoms with Gasteiger partial charge in [0.2, 0.25) is 0 Å². The molecule has 0 spiro atoms. The van der Waals surface area contributed by atoms with Crippen LogP contribution in [-0.2, 0) is 6.18 Å². The zero-order valence-electron chi connectivity index (χ0n) is 17.4. The molecule has 0 aliphatic heterocycles. The van der Waals surface area contributed by atoms with Crippen molar-refractivity contribution < 1.29 is 22.7 Å². The minimum Gasteiger partial charge on any atom is -0.494 e.